The van der Waals surface area contributed by atoms with Crippen LogP contribution in [0.5, 0.6) is 0 Å². The number of pyridine rings is 1. The number of H-pyrrole nitrogens is 1. The van der Waals surface area contributed by atoms with E-state index in [1.807, 2.05) is 29.2 Å². The minimum atomic E-state index is 0. The average molecular weight is 399 g/mol. The van der Waals surface area contributed by atoms with E-state index in [2.05, 4.69) is 39.4 Å². The SMILES string of the molecule is CCc1cnn2c(NCc3ccc[nH+]c3)cc(N3CCCC[C@H]3CCO)nc12.[OH-]. The normalized spacial score (nSPS) is 16.6. The first-order valence-corrected chi connectivity index (χ1v) is 10.2. The maximum atomic E-state index is 9.49. The van der Waals surface area contributed by atoms with Crippen molar-refractivity contribution in [3.8, 4) is 0 Å². The number of nitrogens with zero attached hydrogens (tertiary/aromatic N) is 4. The predicted octanol–water partition coefficient (Wildman–Crippen LogP) is 2.28. The van der Waals surface area contributed by atoms with E-state index in [9.17, 15) is 5.11 Å². The summed E-state index contributed by atoms with van der Waals surface area (Å²) in [6, 6.07) is 6.53. The van der Waals surface area contributed by atoms with E-state index in [-0.39, 0.29) is 12.1 Å². The average Bonchev–Trinajstić information content (AvgIpc) is 3.16. The summed E-state index contributed by atoms with van der Waals surface area (Å²) < 4.78 is 1.90. The number of aromatic nitrogens is 4. The Morgan fingerprint density at radius 3 is 3.00 bits per heavy atom. The summed E-state index contributed by atoms with van der Waals surface area (Å²) in [7, 11) is 0. The van der Waals surface area contributed by atoms with E-state index in [0.717, 1.165) is 55.1 Å². The predicted molar refractivity (Wildman–Crippen MR) is 111 cm³/mol. The van der Waals surface area contributed by atoms with E-state index in [0.29, 0.717) is 12.6 Å². The fourth-order valence-electron chi connectivity index (χ4n) is 4.00. The fourth-order valence-corrected chi connectivity index (χ4v) is 4.00. The second kappa shape index (κ2) is 9.67. The maximum Gasteiger partial charge on any atom is 0.171 e. The monoisotopic (exact) mass is 398 g/mol. The van der Waals surface area contributed by atoms with Crippen molar-refractivity contribution in [2.75, 3.05) is 23.4 Å². The van der Waals surface area contributed by atoms with Crippen molar-refractivity contribution >= 4 is 17.3 Å². The van der Waals surface area contributed by atoms with Gasteiger partial charge in [-0.2, -0.15) is 9.61 Å². The number of aliphatic hydroxyl groups is 1. The summed E-state index contributed by atoms with van der Waals surface area (Å²) in [4.78, 5) is 10.5. The number of rotatable bonds is 7. The molecule has 0 bridgehead atoms. The molecule has 1 saturated heterocycles. The molecular formula is C21H30N6O2. The quantitative estimate of drug-likeness (QED) is 0.632. The Balaban J connectivity index is 0.00000240. The summed E-state index contributed by atoms with van der Waals surface area (Å²) in [5.74, 6) is 1.92. The van der Waals surface area contributed by atoms with Gasteiger partial charge in [0.2, 0.25) is 0 Å². The molecule has 4 rings (SSSR count). The van der Waals surface area contributed by atoms with E-state index in [1.54, 1.807) is 0 Å². The zero-order chi connectivity index (χ0) is 19.3. The molecule has 0 aromatic carbocycles. The van der Waals surface area contributed by atoms with Gasteiger partial charge in [0.25, 0.3) is 0 Å². The number of nitrogens with one attached hydrogen (secondary N) is 2. The molecule has 0 amide bonds. The standard InChI is InChI=1S/C21H28N6O.H2O/c1-2-17-15-24-27-19(23-14-16-6-5-9-22-13-16)12-20(25-21(17)27)26-10-4-3-7-18(26)8-11-28;/h5-6,9,12-13,15,18,23,28H,2-4,7-8,10-11,14H2,1H3;1H2/t18-;/m0./s1. The van der Waals surface area contributed by atoms with Crippen LogP contribution in [0.4, 0.5) is 11.6 Å². The minimum absolute atomic E-state index is 0. The smallest absolute Gasteiger partial charge is 0.171 e. The number of anilines is 2. The summed E-state index contributed by atoms with van der Waals surface area (Å²) in [5, 5.41) is 17.6. The van der Waals surface area contributed by atoms with Crippen LogP contribution in [0.25, 0.3) is 5.65 Å². The summed E-state index contributed by atoms with van der Waals surface area (Å²) in [6.45, 7) is 4.04. The van der Waals surface area contributed by atoms with Crippen LogP contribution < -0.4 is 15.2 Å². The molecule has 8 nitrogen and oxygen atoms in total. The third-order valence-corrected chi connectivity index (χ3v) is 5.54. The number of fused-ring (bicyclic) bond motifs is 1. The highest BCUT2D eigenvalue weighted by Crippen LogP contribution is 2.28. The third-order valence-electron chi connectivity index (χ3n) is 5.54. The molecule has 8 heteroatoms. The van der Waals surface area contributed by atoms with Crippen LogP contribution in [-0.4, -0.2) is 44.4 Å². The van der Waals surface area contributed by atoms with Gasteiger partial charge >= 0.3 is 0 Å². The molecule has 1 aliphatic rings. The van der Waals surface area contributed by atoms with Gasteiger partial charge < -0.3 is 20.8 Å². The first-order chi connectivity index (χ1) is 13.8. The lowest BCUT2D eigenvalue weighted by Crippen LogP contribution is -2.40. The lowest BCUT2D eigenvalue weighted by molar-refractivity contribution is -0.378. The molecule has 1 aliphatic heterocycles. The summed E-state index contributed by atoms with van der Waals surface area (Å²) in [5.41, 5.74) is 3.23. The highest BCUT2D eigenvalue weighted by molar-refractivity contribution is 5.61. The van der Waals surface area contributed by atoms with Crippen molar-refractivity contribution in [2.24, 2.45) is 0 Å². The van der Waals surface area contributed by atoms with Crippen molar-refractivity contribution in [3.63, 3.8) is 0 Å². The molecule has 3 aromatic heterocycles. The molecule has 1 fully saturated rings. The van der Waals surface area contributed by atoms with Crippen molar-refractivity contribution in [2.45, 2.75) is 51.6 Å². The minimum Gasteiger partial charge on any atom is -0.870 e. The third kappa shape index (κ3) is 4.49. The number of hydrogen-bond donors (Lipinski definition) is 2. The first-order valence-electron chi connectivity index (χ1n) is 10.2. The Bertz CT molecular complexity index is 912. The lowest BCUT2D eigenvalue weighted by atomic mass is 9.99. The zero-order valence-electron chi connectivity index (χ0n) is 16.9. The van der Waals surface area contributed by atoms with Crippen LogP contribution in [0.2, 0.25) is 0 Å². The van der Waals surface area contributed by atoms with Crippen LogP contribution in [-0.2, 0) is 13.0 Å². The van der Waals surface area contributed by atoms with Gasteiger partial charge in [-0.1, -0.05) is 6.92 Å². The number of aliphatic hydroxyl groups excluding tert-OH is 1. The Morgan fingerprint density at radius 2 is 2.24 bits per heavy atom. The molecular weight excluding hydrogens is 368 g/mol. The van der Waals surface area contributed by atoms with Gasteiger partial charge in [-0.3, -0.25) is 0 Å². The van der Waals surface area contributed by atoms with Gasteiger partial charge in [0.05, 0.1) is 6.20 Å². The summed E-state index contributed by atoms with van der Waals surface area (Å²) >= 11 is 0. The van der Waals surface area contributed by atoms with E-state index >= 15 is 0 Å². The van der Waals surface area contributed by atoms with Gasteiger partial charge in [0.15, 0.2) is 18.0 Å². The molecule has 3 aromatic rings. The highest BCUT2D eigenvalue weighted by atomic mass is 16.3. The highest BCUT2D eigenvalue weighted by Gasteiger charge is 2.24. The van der Waals surface area contributed by atoms with Crippen LogP contribution in [0.3, 0.4) is 0 Å². The molecule has 1 atom stereocenters. The fraction of sp³-hybridized carbons (Fsp3) is 0.476. The van der Waals surface area contributed by atoms with Gasteiger partial charge in [0, 0.05) is 49.0 Å². The molecule has 4 heterocycles. The van der Waals surface area contributed by atoms with Crippen LogP contribution >= 0.6 is 0 Å². The topological polar surface area (TPSA) is 110 Å². The number of aryl methyl sites for hydroxylation is 1. The van der Waals surface area contributed by atoms with Crippen LogP contribution in [0.1, 0.15) is 43.7 Å². The Morgan fingerprint density at radius 1 is 1.34 bits per heavy atom. The second-order valence-corrected chi connectivity index (χ2v) is 7.38. The molecule has 0 radical (unpaired) electrons. The number of hydrogen-bond acceptors (Lipinski definition) is 6. The molecule has 156 valence electrons. The maximum absolute atomic E-state index is 9.49. The van der Waals surface area contributed by atoms with E-state index in [4.69, 9.17) is 4.98 Å². The van der Waals surface area contributed by atoms with E-state index in [1.165, 1.54) is 12.0 Å². The molecule has 0 spiro atoms. The number of aromatic amines is 1. The molecule has 4 N–H and O–H groups in total. The lowest BCUT2D eigenvalue weighted by Gasteiger charge is -2.36. The zero-order valence-corrected chi connectivity index (χ0v) is 16.9. The molecule has 0 unspecified atom stereocenters. The Labute approximate surface area is 170 Å². The van der Waals surface area contributed by atoms with Crippen molar-refractivity contribution in [3.05, 3.63) is 47.9 Å². The summed E-state index contributed by atoms with van der Waals surface area (Å²) in [6.07, 6.45) is 11.0. The van der Waals surface area contributed by atoms with Crippen LogP contribution in [0, 0.1) is 0 Å². The van der Waals surface area contributed by atoms with Gasteiger partial charge in [-0.15, -0.1) is 0 Å². The van der Waals surface area contributed by atoms with Crippen molar-refractivity contribution in [1.29, 1.82) is 0 Å². The van der Waals surface area contributed by atoms with Gasteiger partial charge in [-0.05, 0) is 38.2 Å². The van der Waals surface area contributed by atoms with E-state index < -0.39 is 0 Å². The van der Waals surface area contributed by atoms with Crippen LogP contribution in [0.15, 0.2) is 36.8 Å². The van der Waals surface area contributed by atoms with Gasteiger partial charge in [-0.25, -0.2) is 9.97 Å². The first kappa shape index (κ1) is 21.0. The number of piperidine rings is 1. The second-order valence-electron chi connectivity index (χ2n) is 7.38. The molecule has 0 saturated carbocycles. The molecule has 0 aliphatic carbocycles. The van der Waals surface area contributed by atoms with Crippen molar-refractivity contribution in [1.82, 2.24) is 14.6 Å². The molecule has 29 heavy (non-hydrogen) atoms. The Kier molecular flexibility index (Phi) is 7.00. The largest absolute Gasteiger partial charge is 0.870 e. The van der Waals surface area contributed by atoms with Crippen molar-refractivity contribution < 1.29 is 15.6 Å². The van der Waals surface area contributed by atoms with Gasteiger partial charge in [0.1, 0.15) is 11.6 Å². The Hall–Kier alpha value is -2.71.